The first-order chi connectivity index (χ1) is 13.6. The van der Waals surface area contributed by atoms with Gasteiger partial charge in [0.25, 0.3) is 0 Å². The number of ether oxygens (including phenoxy) is 1. The number of carbonyl (C=O) groups is 2. The molecule has 0 bridgehead atoms. The van der Waals surface area contributed by atoms with Crippen LogP contribution in [0.3, 0.4) is 0 Å². The smallest absolute Gasteiger partial charge is 0.337 e. The molecule has 146 valence electrons. The molecule has 28 heavy (non-hydrogen) atoms. The Morgan fingerprint density at radius 2 is 1.79 bits per heavy atom. The molecule has 1 unspecified atom stereocenters. The van der Waals surface area contributed by atoms with Gasteiger partial charge in [0.1, 0.15) is 0 Å². The van der Waals surface area contributed by atoms with Crippen molar-refractivity contribution >= 4 is 11.8 Å². The van der Waals surface area contributed by atoms with Crippen molar-refractivity contribution in [3.8, 4) is 0 Å². The molecular formula is C25H28O3. The van der Waals surface area contributed by atoms with Gasteiger partial charge in [0.05, 0.1) is 12.7 Å². The van der Waals surface area contributed by atoms with Gasteiger partial charge in [-0.05, 0) is 60.6 Å². The Labute approximate surface area is 167 Å². The molecule has 0 heterocycles. The van der Waals surface area contributed by atoms with Crippen molar-refractivity contribution < 1.29 is 14.3 Å². The SMILES string of the molecule is CC.COC(=O)c1ccc2c(c1)CCC1=CC(=O)CCC12Cc1ccccc1. The van der Waals surface area contributed by atoms with Gasteiger partial charge in [-0.1, -0.05) is 55.8 Å². The number of ketones is 1. The summed E-state index contributed by atoms with van der Waals surface area (Å²) in [4.78, 5) is 24.0. The molecule has 2 aliphatic carbocycles. The van der Waals surface area contributed by atoms with Crippen molar-refractivity contribution in [3.63, 3.8) is 0 Å². The summed E-state index contributed by atoms with van der Waals surface area (Å²) in [7, 11) is 1.41. The lowest BCUT2D eigenvalue weighted by Crippen LogP contribution is -2.39. The zero-order valence-corrected chi connectivity index (χ0v) is 17.0. The summed E-state index contributed by atoms with van der Waals surface area (Å²) < 4.78 is 4.87. The van der Waals surface area contributed by atoms with Gasteiger partial charge in [0.15, 0.2) is 5.78 Å². The maximum absolute atomic E-state index is 12.1. The van der Waals surface area contributed by atoms with E-state index < -0.39 is 0 Å². The Bertz CT molecular complexity index is 895. The predicted octanol–water partition coefficient (Wildman–Crippen LogP) is 5.22. The number of allylic oxidation sites excluding steroid dienone is 2. The zero-order valence-electron chi connectivity index (χ0n) is 17.0. The van der Waals surface area contributed by atoms with Gasteiger partial charge in [-0.25, -0.2) is 4.79 Å². The minimum Gasteiger partial charge on any atom is -0.465 e. The van der Waals surface area contributed by atoms with Crippen LogP contribution in [0.2, 0.25) is 0 Å². The fourth-order valence-corrected chi connectivity index (χ4v) is 4.54. The van der Waals surface area contributed by atoms with E-state index in [1.807, 2.05) is 38.1 Å². The van der Waals surface area contributed by atoms with E-state index in [1.165, 1.54) is 29.4 Å². The van der Waals surface area contributed by atoms with Crippen molar-refractivity contribution in [3.05, 3.63) is 82.4 Å². The molecule has 2 aromatic rings. The van der Waals surface area contributed by atoms with E-state index in [2.05, 4.69) is 30.3 Å². The van der Waals surface area contributed by atoms with E-state index >= 15 is 0 Å². The topological polar surface area (TPSA) is 43.4 Å². The summed E-state index contributed by atoms with van der Waals surface area (Å²) in [6.07, 6.45) is 5.90. The molecule has 0 amide bonds. The van der Waals surface area contributed by atoms with E-state index in [1.54, 1.807) is 0 Å². The standard InChI is InChI=1S/C23H22O3.C2H6/c1-26-22(25)18-8-10-21-17(13-18)7-9-19-14-20(24)11-12-23(19,21)15-16-5-3-2-4-6-16;1-2/h2-6,8,10,13-14H,7,9,11-12,15H2,1H3;1-2H3. The van der Waals surface area contributed by atoms with Gasteiger partial charge in [-0.3, -0.25) is 4.79 Å². The van der Waals surface area contributed by atoms with E-state index in [9.17, 15) is 9.59 Å². The molecule has 0 saturated heterocycles. The Morgan fingerprint density at radius 3 is 2.50 bits per heavy atom. The van der Waals surface area contributed by atoms with Gasteiger partial charge in [0, 0.05) is 11.8 Å². The lowest BCUT2D eigenvalue weighted by molar-refractivity contribution is -0.115. The third kappa shape index (κ3) is 3.66. The molecule has 0 N–H and O–H groups in total. The molecule has 2 aromatic carbocycles. The molecular weight excluding hydrogens is 348 g/mol. The average molecular weight is 376 g/mol. The number of benzene rings is 2. The number of rotatable bonds is 3. The van der Waals surface area contributed by atoms with E-state index in [0.29, 0.717) is 12.0 Å². The maximum atomic E-state index is 12.1. The predicted molar refractivity (Wildman–Crippen MR) is 112 cm³/mol. The van der Waals surface area contributed by atoms with Crippen LogP contribution in [-0.4, -0.2) is 18.9 Å². The first kappa shape index (κ1) is 20.1. The first-order valence-corrected chi connectivity index (χ1v) is 10.1. The zero-order chi connectivity index (χ0) is 20.1. The molecule has 0 aliphatic heterocycles. The summed E-state index contributed by atoms with van der Waals surface area (Å²) in [6, 6.07) is 16.4. The second-order valence-electron chi connectivity index (χ2n) is 7.24. The fourth-order valence-electron chi connectivity index (χ4n) is 4.54. The summed E-state index contributed by atoms with van der Waals surface area (Å²) in [5.41, 5.74) is 5.45. The first-order valence-electron chi connectivity index (χ1n) is 10.1. The van der Waals surface area contributed by atoms with Crippen molar-refractivity contribution in [2.45, 2.75) is 51.4 Å². The number of hydrogen-bond acceptors (Lipinski definition) is 3. The Kier molecular flexibility index (Phi) is 6.13. The van der Waals surface area contributed by atoms with Gasteiger partial charge < -0.3 is 4.74 Å². The number of fused-ring (bicyclic) bond motifs is 3. The highest BCUT2D eigenvalue weighted by Crippen LogP contribution is 2.49. The third-order valence-corrected chi connectivity index (χ3v) is 5.80. The van der Waals surface area contributed by atoms with Crippen molar-refractivity contribution in [1.29, 1.82) is 0 Å². The van der Waals surface area contributed by atoms with Crippen LogP contribution in [0.15, 0.2) is 60.2 Å². The number of methoxy groups -OCH3 is 1. The Hall–Kier alpha value is -2.68. The number of carbonyl (C=O) groups excluding carboxylic acids is 2. The van der Waals surface area contributed by atoms with E-state index in [-0.39, 0.29) is 17.2 Å². The molecule has 3 heteroatoms. The van der Waals surface area contributed by atoms with E-state index in [0.717, 1.165) is 25.7 Å². The normalized spacial score (nSPS) is 20.1. The number of aryl methyl sites for hydroxylation is 1. The van der Waals surface area contributed by atoms with Crippen molar-refractivity contribution in [2.75, 3.05) is 7.11 Å². The van der Waals surface area contributed by atoms with Gasteiger partial charge in [-0.15, -0.1) is 0 Å². The average Bonchev–Trinajstić information content (AvgIpc) is 2.75. The number of esters is 1. The molecule has 2 aliphatic rings. The largest absolute Gasteiger partial charge is 0.465 e. The van der Waals surface area contributed by atoms with Gasteiger partial charge >= 0.3 is 5.97 Å². The van der Waals surface area contributed by atoms with Crippen molar-refractivity contribution in [1.82, 2.24) is 0 Å². The highest BCUT2D eigenvalue weighted by atomic mass is 16.5. The van der Waals surface area contributed by atoms with Crippen LogP contribution in [0.25, 0.3) is 0 Å². The second kappa shape index (κ2) is 8.55. The van der Waals surface area contributed by atoms with Crippen molar-refractivity contribution in [2.24, 2.45) is 0 Å². The van der Waals surface area contributed by atoms with Crippen LogP contribution >= 0.6 is 0 Å². The second-order valence-corrected chi connectivity index (χ2v) is 7.24. The highest BCUT2D eigenvalue weighted by molar-refractivity contribution is 5.93. The summed E-state index contributed by atoms with van der Waals surface area (Å²) in [5.74, 6) is -0.0663. The van der Waals surface area contributed by atoms with Crippen LogP contribution in [0, 0.1) is 0 Å². The molecule has 0 radical (unpaired) electrons. The van der Waals surface area contributed by atoms with Gasteiger partial charge in [-0.2, -0.15) is 0 Å². The lowest BCUT2D eigenvalue weighted by Gasteiger charge is -2.44. The minimum absolute atomic E-state index is 0.141. The third-order valence-electron chi connectivity index (χ3n) is 5.80. The molecule has 1 atom stereocenters. The fraction of sp³-hybridized carbons (Fsp3) is 0.360. The minimum atomic E-state index is -0.301. The molecule has 0 saturated carbocycles. The summed E-state index contributed by atoms with van der Waals surface area (Å²) in [5, 5.41) is 0. The quantitative estimate of drug-likeness (QED) is 0.690. The molecule has 3 nitrogen and oxygen atoms in total. The Balaban J connectivity index is 0.00000109. The maximum Gasteiger partial charge on any atom is 0.337 e. The molecule has 4 rings (SSSR count). The summed E-state index contributed by atoms with van der Waals surface area (Å²) in [6.45, 7) is 4.00. The van der Waals surface area contributed by atoms with Crippen LogP contribution in [-0.2, 0) is 27.8 Å². The monoisotopic (exact) mass is 376 g/mol. The van der Waals surface area contributed by atoms with Gasteiger partial charge in [0.2, 0.25) is 0 Å². The molecule has 0 fully saturated rings. The number of hydrogen-bond donors (Lipinski definition) is 0. The Morgan fingerprint density at radius 1 is 1.04 bits per heavy atom. The summed E-state index contributed by atoms with van der Waals surface area (Å²) >= 11 is 0. The van der Waals surface area contributed by atoms with Crippen LogP contribution in [0.1, 0.15) is 60.2 Å². The van der Waals surface area contributed by atoms with Crippen LogP contribution < -0.4 is 0 Å². The molecule has 0 aromatic heterocycles. The highest BCUT2D eigenvalue weighted by Gasteiger charge is 2.43. The lowest BCUT2D eigenvalue weighted by atomic mass is 9.59. The van der Waals surface area contributed by atoms with Crippen LogP contribution in [0.4, 0.5) is 0 Å². The van der Waals surface area contributed by atoms with Crippen LogP contribution in [0.5, 0.6) is 0 Å². The molecule has 0 spiro atoms. The van der Waals surface area contributed by atoms with E-state index in [4.69, 9.17) is 4.74 Å².